The van der Waals surface area contributed by atoms with E-state index in [1.54, 1.807) is 31.3 Å². The number of H-pyrrole nitrogens is 1. The number of amides is 1. The molecule has 2 N–H and O–H groups in total. The molecule has 0 aliphatic heterocycles. The van der Waals surface area contributed by atoms with Gasteiger partial charge in [-0.05, 0) is 35.9 Å². The highest BCUT2D eigenvalue weighted by Crippen LogP contribution is 2.17. The predicted molar refractivity (Wildman–Crippen MR) is 112 cm³/mol. The molecule has 2 aromatic carbocycles. The molecule has 0 aliphatic carbocycles. The zero-order chi connectivity index (χ0) is 21.4. The highest BCUT2D eigenvalue weighted by molar-refractivity contribution is 6.31. The lowest BCUT2D eigenvalue weighted by Crippen LogP contribution is -2.34. The number of aryl methyl sites for hydroxylation is 1. The van der Waals surface area contributed by atoms with Crippen LogP contribution in [0.4, 0.5) is 4.39 Å². The highest BCUT2D eigenvalue weighted by atomic mass is 35.5. The van der Waals surface area contributed by atoms with Crippen LogP contribution < -0.4 is 16.6 Å². The Kier molecular flexibility index (Phi) is 5.01. The van der Waals surface area contributed by atoms with Gasteiger partial charge in [-0.2, -0.15) is 0 Å². The molecule has 0 atom stereocenters. The number of carbonyl (C=O) groups excluding carboxylic acids is 1. The molecule has 0 saturated carbocycles. The number of rotatable bonds is 4. The van der Waals surface area contributed by atoms with Crippen LogP contribution in [0, 0.1) is 5.82 Å². The van der Waals surface area contributed by atoms with Crippen molar-refractivity contribution in [2.24, 2.45) is 7.05 Å². The number of nitrogens with zero attached hydrogens (tertiary/aromatic N) is 2. The summed E-state index contributed by atoms with van der Waals surface area (Å²) in [4.78, 5) is 40.9. The van der Waals surface area contributed by atoms with Crippen molar-refractivity contribution >= 4 is 28.5 Å². The van der Waals surface area contributed by atoms with Gasteiger partial charge in [0.05, 0.1) is 16.8 Å². The van der Waals surface area contributed by atoms with Crippen molar-refractivity contribution in [3.05, 3.63) is 97.5 Å². The summed E-state index contributed by atoms with van der Waals surface area (Å²) in [5.41, 5.74) is 0.0261. The smallest absolute Gasteiger partial charge is 0.333 e. The molecule has 2 aromatic heterocycles. The van der Waals surface area contributed by atoms with E-state index < -0.39 is 23.0 Å². The molecule has 152 valence electrons. The number of benzene rings is 2. The quantitative estimate of drug-likeness (QED) is 0.526. The molecule has 30 heavy (non-hydrogen) atoms. The summed E-state index contributed by atoms with van der Waals surface area (Å²) < 4.78 is 15.6. The van der Waals surface area contributed by atoms with Crippen LogP contribution in [0.2, 0.25) is 5.02 Å². The van der Waals surface area contributed by atoms with E-state index in [2.05, 4.69) is 10.3 Å². The molecular weight excluding hydrogens is 411 g/mol. The van der Waals surface area contributed by atoms with Crippen molar-refractivity contribution in [1.29, 1.82) is 0 Å². The number of fused-ring (bicyclic) bond motifs is 1. The summed E-state index contributed by atoms with van der Waals surface area (Å²) >= 11 is 6.11. The average molecular weight is 427 g/mol. The number of halogens is 2. The van der Waals surface area contributed by atoms with E-state index in [4.69, 9.17) is 11.6 Å². The van der Waals surface area contributed by atoms with Crippen molar-refractivity contribution < 1.29 is 9.18 Å². The number of hydrogen-bond donors (Lipinski definition) is 2. The fraction of sp³-hybridized carbons (Fsp3) is 0.0952. The maximum atomic E-state index is 13.2. The lowest BCUT2D eigenvalue weighted by Gasteiger charge is -2.07. The molecule has 4 aromatic rings. The predicted octanol–water partition coefficient (Wildman–Crippen LogP) is 2.74. The molecule has 0 spiro atoms. The minimum absolute atomic E-state index is 0.127. The minimum Gasteiger partial charge on any atom is -0.348 e. The van der Waals surface area contributed by atoms with Crippen molar-refractivity contribution in [3.8, 4) is 5.69 Å². The fourth-order valence-electron chi connectivity index (χ4n) is 3.28. The molecule has 9 heteroatoms. The first-order chi connectivity index (χ1) is 14.4. The van der Waals surface area contributed by atoms with Gasteiger partial charge >= 0.3 is 5.69 Å². The van der Waals surface area contributed by atoms with Crippen LogP contribution in [0.1, 0.15) is 15.9 Å². The van der Waals surface area contributed by atoms with Crippen molar-refractivity contribution in [3.63, 3.8) is 0 Å². The second-order valence-electron chi connectivity index (χ2n) is 6.70. The van der Waals surface area contributed by atoms with Gasteiger partial charge in [-0.15, -0.1) is 0 Å². The Balaban J connectivity index is 1.75. The number of aromatic amines is 1. The van der Waals surface area contributed by atoms with Crippen LogP contribution in [0.15, 0.2) is 64.3 Å². The molecule has 0 radical (unpaired) electrons. The zero-order valence-electron chi connectivity index (χ0n) is 15.8. The van der Waals surface area contributed by atoms with Gasteiger partial charge in [0.1, 0.15) is 11.3 Å². The first kappa shape index (κ1) is 19.7. The summed E-state index contributed by atoms with van der Waals surface area (Å²) in [5.74, 6) is -0.948. The van der Waals surface area contributed by atoms with Crippen LogP contribution in [0.5, 0.6) is 0 Å². The SMILES string of the molecule is Cn1cc(C(=O)NCc2ccccc2Cl)c2[nH]c(=O)n(-c3ccc(F)cc3)c(=O)c21. The van der Waals surface area contributed by atoms with Crippen LogP contribution in [0.25, 0.3) is 16.7 Å². The van der Waals surface area contributed by atoms with Crippen LogP contribution >= 0.6 is 11.6 Å². The molecule has 2 heterocycles. The van der Waals surface area contributed by atoms with Crippen LogP contribution in [-0.4, -0.2) is 20.0 Å². The molecule has 0 saturated heterocycles. The summed E-state index contributed by atoms with van der Waals surface area (Å²) in [5, 5.41) is 3.26. The lowest BCUT2D eigenvalue weighted by atomic mass is 10.2. The Bertz CT molecular complexity index is 1390. The second kappa shape index (κ2) is 7.64. The topological polar surface area (TPSA) is 88.9 Å². The Morgan fingerprint density at radius 3 is 2.53 bits per heavy atom. The molecule has 0 fully saturated rings. The second-order valence-corrected chi connectivity index (χ2v) is 7.11. The van der Waals surface area contributed by atoms with E-state index in [-0.39, 0.29) is 28.8 Å². The van der Waals surface area contributed by atoms with E-state index in [1.165, 1.54) is 22.9 Å². The van der Waals surface area contributed by atoms with Gasteiger partial charge in [-0.3, -0.25) is 9.59 Å². The number of carbonyl (C=O) groups is 1. The largest absolute Gasteiger partial charge is 0.348 e. The van der Waals surface area contributed by atoms with Crippen LogP contribution in [-0.2, 0) is 13.6 Å². The number of hydrogen-bond acceptors (Lipinski definition) is 3. The molecule has 0 unspecified atom stereocenters. The number of aromatic nitrogens is 3. The van der Waals surface area contributed by atoms with Crippen molar-refractivity contribution in [2.45, 2.75) is 6.54 Å². The normalized spacial score (nSPS) is 11.0. The monoisotopic (exact) mass is 426 g/mol. The van der Waals surface area contributed by atoms with E-state index in [1.807, 2.05) is 0 Å². The first-order valence-corrected chi connectivity index (χ1v) is 9.36. The minimum atomic E-state index is -0.731. The third kappa shape index (κ3) is 3.42. The summed E-state index contributed by atoms with van der Waals surface area (Å²) in [6.45, 7) is 0.186. The lowest BCUT2D eigenvalue weighted by molar-refractivity contribution is 0.0952. The van der Waals surface area contributed by atoms with Gasteiger partial charge in [0.25, 0.3) is 11.5 Å². The summed E-state index contributed by atoms with van der Waals surface area (Å²) in [6.07, 6.45) is 1.47. The van der Waals surface area contributed by atoms with E-state index in [0.29, 0.717) is 5.02 Å². The van der Waals surface area contributed by atoms with E-state index >= 15 is 0 Å². The Morgan fingerprint density at radius 1 is 1.13 bits per heavy atom. The van der Waals surface area contributed by atoms with Crippen molar-refractivity contribution in [2.75, 3.05) is 0 Å². The summed E-state index contributed by atoms with van der Waals surface area (Å²) in [6, 6.07) is 12.1. The van der Waals surface area contributed by atoms with Gasteiger partial charge in [-0.25, -0.2) is 13.8 Å². The highest BCUT2D eigenvalue weighted by Gasteiger charge is 2.20. The molecule has 4 rings (SSSR count). The Labute approximate surface area is 174 Å². The van der Waals surface area contributed by atoms with Crippen molar-refractivity contribution in [1.82, 2.24) is 19.4 Å². The molecule has 0 aliphatic rings. The maximum absolute atomic E-state index is 13.2. The van der Waals surface area contributed by atoms with Gasteiger partial charge in [0.2, 0.25) is 0 Å². The zero-order valence-corrected chi connectivity index (χ0v) is 16.5. The summed E-state index contributed by atoms with van der Waals surface area (Å²) in [7, 11) is 1.60. The molecule has 0 bridgehead atoms. The van der Waals surface area contributed by atoms with Gasteiger partial charge in [0.15, 0.2) is 0 Å². The molecule has 7 nitrogen and oxygen atoms in total. The molecule has 1 amide bonds. The first-order valence-electron chi connectivity index (χ1n) is 8.98. The fourth-order valence-corrected chi connectivity index (χ4v) is 3.48. The van der Waals surface area contributed by atoms with E-state index in [0.717, 1.165) is 22.3 Å². The van der Waals surface area contributed by atoms with Gasteiger partial charge in [-0.1, -0.05) is 29.8 Å². The third-order valence-electron chi connectivity index (χ3n) is 4.75. The van der Waals surface area contributed by atoms with Gasteiger partial charge in [0, 0.05) is 24.8 Å². The van der Waals surface area contributed by atoms with E-state index in [9.17, 15) is 18.8 Å². The van der Waals surface area contributed by atoms with Crippen LogP contribution in [0.3, 0.4) is 0 Å². The Morgan fingerprint density at radius 2 is 1.83 bits per heavy atom. The standard InChI is InChI=1S/C21H16ClFN4O3/c1-26-11-15(19(28)24-10-12-4-2-3-5-16(12)22)17-18(26)20(29)27(21(30)25-17)14-8-6-13(23)7-9-14/h2-9,11H,10H2,1H3,(H,24,28)(H,25,30). The average Bonchev–Trinajstić information content (AvgIpc) is 3.05. The third-order valence-corrected chi connectivity index (χ3v) is 5.12. The maximum Gasteiger partial charge on any atom is 0.333 e. The Hall–Kier alpha value is -3.65. The number of nitrogens with one attached hydrogen (secondary N) is 2. The van der Waals surface area contributed by atoms with Gasteiger partial charge < -0.3 is 14.9 Å². The molecular formula is C21H16ClFN4O3.